The molecule has 1 N–H and O–H groups in total. The van der Waals surface area contributed by atoms with Crippen LogP contribution < -0.4 is 24.4 Å². The standard InChI is InChI=1S/C20H20O7/c1-24-15-9-12-10(5-8-14(15)22)16-11(6-7-13(12)21)17(23)19(26-3)20(27-4)18(16)25-2/h5,8-9,23H,6-7H2,1-4H3. The van der Waals surface area contributed by atoms with Gasteiger partial charge in [0.15, 0.2) is 23.0 Å². The molecule has 27 heavy (non-hydrogen) atoms. The number of phenolic OH excluding ortho intramolecular Hbond substituents is 1. The van der Waals surface area contributed by atoms with Crippen molar-refractivity contribution in [3.8, 4) is 39.9 Å². The van der Waals surface area contributed by atoms with Gasteiger partial charge in [-0.25, -0.2) is 0 Å². The highest BCUT2D eigenvalue weighted by molar-refractivity contribution is 6.05. The second kappa shape index (κ2) is 7.19. The van der Waals surface area contributed by atoms with E-state index in [0.717, 1.165) is 0 Å². The molecule has 2 aromatic carbocycles. The SMILES string of the molecule is COc1c(O)c2c(c(OC)c1OC)-c1ccc(=O)c(OC)cc1C(=O)CC2. The van der Waals surface area contributed by atoms with Gasteiger partial charge in [0.1, 0.15) is 0 Å². The molecule has 1 aliphatic rings. The molecule has 0 spiro atoms. The van der Waals surface area contributed by atoms with Gasteiger partial charge in [-0.2, -0.15) is 0 Å². The molecule has 0 aliphatic heterocycles. The molecule has 0 bridgehead atoms. The number of Topliss-reactive ketones (excluding diaryl/α,β-unsaturated/α-hetero) is 1. The molecule has 7 heteroatoms. The smallest absolute Gasteiger partial charge is 0.220 e. The lowest BCUT2D eigenvalue weighted by atomic mass is 9.95. The molecule has 0 radical (unpaired) electrons. The molecule has 3 rings (SSSR count). The number of rotatable bonds is 4. The quantitative estimate of drug-likeness (QED) is 0.882. The summed E-state index contributed by atoms with van der Waals surface area (Å²) in [6.45, 7) is 0. The highest BCUT2D eigenvalue weighted by Gasteiger charge is 2.31. The van der Waals surface area contributed by atoms with E-state index in [4.69, 9.17) is 18.9 Å². The molecule has 0 saturated heterocycles. The lowest BCUT2D eigenvalue weighted by Crippen LogP contribution is -2.02. The number of carbonyl (C=O) groups is 1. The number of benzene rings is 1. The molecule has 0 atom stereocenters. The van der Waals surface area contributed by atoms with E-state index in [1.54, 1.807) is 0 Å². The van der Waals surface area contributed by atoms with E-state index in [2.05, 4.69) is 0 Å². The average molecular weight is 372 g/mol. The fourth-order valence-electron chi connectivity index (χ4n) is 3.41. The average Bonchev–Trinajstić information content (AvgIpc) is 2.92. The van der Waals surface area contributed by atoms with Gasteiger partial charge in [0, 0.05) is 23.1 Å². The third kappa shape index (κ3) is 2.85. The monoisotopic (exact) mass is 372 g/mol. The molecule has 0 amide bonds. The van der Waals surface area contributed by atoms with Crippen LogP contribution in [0.5, 0.6) is 28.7 Å². The van der Waals surface area contributed by atoms with Crippen molar-refractivity contribution in [1.29, 1.82) is 0 Å². The van der Waals surface area contributed by atoms with Crippen LogP contribution in [-0.4, -0.2) is 39.3 Å². The molecule has 1 aliphatic carbocycles. The molecule has 0 fully saturated rings. The normalized spacial score (nSPS) is 12.5. The number of aromatic hydroxyl groups is 1. The van der Waals surface area contributed by atoms with Gasteiger partial charge in [-0.1, -0.05) is 0 Å². The predicted octanol–water partition coefficient (Wildman–Crippen LogP) is 2.58. The summed E-state index contributed by atoms with van der Waals surface area (Å²) in [7, 11) is 5.68. The Morgan fingerprint density at radius 2 is 1.48 bits per heavy atom. The van der Waals surface area contributed by atoms with Crippen molar-refractivity contribution in [3.05, 3.63) is 39.5 Å². The second-order valence-corrected chi connectivity index (χ2v) is 5.96. The Morgan fingerprint density at radius 1 is 0.815 bits per heavy atom. The van der Waals surface area contributed by atoms with E-state index in [1.165, 1.54) is 46.6 Å². The molecule has 0 aromatic heterocycles. The number of methoxy groups -OCH3 is 4. The summed E-state index contributed by atoms with van der Waals surface area (Å²) in [5.74, 6) is 0.428. The van der Waals surface area contributed by atoms with Crippen molar-refractivity contribution in [1.82, 2.24) is 0 Å². The zero-order chi connectivity index (χ0) is 19.7. The molecule has 0 heterocycles. The highest BCUT2D eigenvalue weighted by Crippen LogP contribution is 2.54. The third-order valence-corrected chi connectivity index (χ3v) is 4.66. The molecular weight excluding hydrogens is 352 g/mol. The first-order valence-electron chi connectivity index (χ1n) is 8.28. The largest absolute Gasteiger partial charge is 0.504 e. The van der Waals surface area contributed by atoms with Crippen LogP contribution in [0.2, 0.25) is 0 Å². The Hall–Kier alpha value is -3.22. The van der Waals surface area contributed by atoms with E-state index in [0.29, 0.717) is 28.0 Å². The first-order valence-corrected chi connectivity index (χ1v) is 8.28. The van der Waals surface area contributed by atoms with Crippen LogP contribution in [0, 0.1) is 0 Å². The molecule has 142 valence electrons. The number of fused-ring (bicyclic) bond motifs is 3. The number of hydrogen-bond acceptors (Lipinski definition) is 7. The van der Waals surface area contributed by atoms with Gasteiger partial charge in [-0.3, -0.25) is 9.59 Å². The molecule has 0 unspecified atom stereocenters. The molecule has 0 saturated carbocycles. The zero-order valence-electron chi connectivity index (χ0n) is 15.5. The number of carbonyl (C=O) groups excluding carboxylic acids is 1. The summed E-state index contributed by atoms with van der Waals surface area (Å²) in [6.07, 6.45) is 0.426. The van der Waals surface area contributed by atoms with Crippen LogP contribution in [0.25, 0.3) is 11.1 Å². The Bertz CT molecular complexity index is 979. The maximum atomic E-state index is 12.8. The number of ketones is 1. The van der Waals surface area contributed by atoms with E-state index in [9.17, 15) is 14.7 Å². The van der Waals surface area contributed by atoms with Crippen molar-refractivity contribution in [2.75, 3.05) is 28.4 Å². The van der Waals surface area contributed by atoms with Crippen LogP contribution in [0.3, 0.4) is 0 Å². The molecule has 7 nitrogen and oxygen atoms in total. The number of ether oxygens (including phenoxy) is 4. The summed E-state index contributed by atoms with van der Waals surface area (Å²) in [6, 6.07) is 4.30. The topological polar surface area (TPSA) is 91.3 Å². The van der Waals surface area contributed by atoms with Crippen LogP contribution >= 0.6 is 0 Å². The minimum absolute atomic E-state index is 0.0664. The number of phenols is 1. The summed E-state index contributed by atoms with van der Waals surface area (Å²) >= 11 is 0. The van der Waals surface area contributed by atoms with Crippen molar-refractivity contribution >= 4 is 5.78 Å². The fourth-order valence-corrected chi connectivity index (χ4v) is 3.41. The van der Waals surface area contributed by atoms with Gasteiger partial charge in [0.2, 0.25) is 16.9 Å². The lowest BCUT2D eigenvalue weighted by Gasteiger charge is -2.20. The second-order valence-electron chi connectivity index (χ2n) is 5.96. The van der Waals surface area contributed by atoms with Gasteiger partial charge >= 0.3 is 0 Å². The fraction of sp³-hybridized carbons (Fsp3) is 0.300. The van der Waals surface area contributed by atoms with Gasteiger partial charge in [-0.15, -0.1) is 0 Å². The summed E-state index contributed by atoms with van der Waals surface area (Å²) < 4.78 is 21.4. The molecular formula is C20H20O7. The third-order valence-electron chi connectivity index (χ3n) is 4.66. The Kier molecular flexibility index (Phi) is 4.94. The minimum Gasteiger partial charge on any atom is -0.504 e. The highest BCUT2D eigenvalue weighted by atomic mass is 16.5. The zero-order valence-corrected chi connectivity index (χ0v) is 15.5. The number of hydrogen-bond donors (Lipinski definition) is 1. The molecule has 2 aromatic rings. The summed E-state index contributed by atoms with van der Waals surface area (Å²) in [5, 5.41) is 10.8. The van der Waals surface area contributed by atoms with Gasteiger partial charge in [0.05, 0.1) is 28.4 Å². The Balaban J connectivity index is 2.52. The van der Waals surface area contributed by atoms with E-state index in [-0.39, 0.29) is 47.1 Å². The maximum Gasteiger partial charge on any atom is 0.220 e. The summed E-state index contributed by atoms with van der Waals surface area (Å²) in [5.41, 5.74) is 1.41. The predicted molar refractivity (Wildman–Crippen MR) is 98.7 cm³/mol. The van der Waals surface area contributed by atoms with Crippen molar-refractivity contribution < 1.29 is 28.8 Å². The van der Waals surface area contributed by atoms with E-state index < -0.39 is 0 Å². The van der Waals surface area contributed by atoms with Crippen molar-refractivity contribution in [2.24, 2.45) is 0 Å². The minimum atomic E-state index is -0.358. The van der Waals surface area contributed by atoms with Gasteiger partial charge < -0.3 is 24.1 Å². The van der Waals surface area contributed by atoms with Crippen molar-refractivity contribution in [2.45, 2.75) is 12.8 Å². The van der Waals surface area contributed by atoms with Crippen LogP contribution in [0.4, 0.5) is 0 Å². The van der Waals surface area contributed by atoms with E-state index >= 15 is 0 Å². The first-order chi connectivity index (χ1) is 13.0. The first kappa shape index (κ1) is 18.6. The van der Waals surface area contributed by atoms with Gasteiger partial charge in [-0.05, 0) is 30.2 Å². The van der Waals surface area contributed by atoms with Gasteiger partial charge in [0.25, 0.3) is 0 Å². The Labute approximate surface area is 156 Å². The summed E-state index contributed by atoms with van der Waals surface area (Å²) in [4.78, 5) is 25.0. The maximum absolute atomic E-state index is 12.8. The Morgan fingerprint density at radius 3 is 2.07 bits per heavy atom. The van der Waals surface area contributed by atoms with Crippen molar-refractivity contribution in [3.63, 3.8) is 0 Å². The van der Waals surface area contributed by atoms with E-state index in [1.807, 2.05) is 0 Å². The van der Waals surface area contributed by atoms with Crippen LogP contribution in [0.15, 0.2) is 23.0 Å². The van der Waals surface area contributed by atoms with Crippen LogP contribution in [-0.2, 0) is 6.42 Å². The lowest BCUT2D eigenvalue weighted by molar-refractivity contribution is 0.0984. The van der Waals surface area contributed by atoms with Crippen LogP contribution in [0.1, 0.15) is 22.3 Å².